The number of aliphatic hydroxyl groups is 1. The Labute approximate surface area is 178 Å². The van der Waals surface area contributed by atoms with Gasteiger partial charge in [0.05, 0.1) is 0 Å². The van der Waals surface area contributed by atoms with E-state index in [1.807, 2.05) is 43.3 Å². The lowest BCUT2D eigenvalue weighted by atomic mass is 9.84. The second-order valence-electron chi connectivity index (χ2n) is 8.26. The molecular weight excluding hydrogens is 376 g/mol. The number of ether oxygens (including phenoxy) is 1. The largest absolute Gasteiger partial charge is 0.482 e. The number of amides is 1. The van der Waals surface area contributed by atoms with Gasteiger partial charge in [0.2, 0.25) is 0 Å². The van der Waals surface area contributed by atoms with Crippen LogP contribution >= 0.6 is 0 Å². The van der Waals surface area contributed by atoms with E-state index in [1.165, 1.54) is 4.90 Å². The Morgan fingerprint density at radius 1 is 1.13 bits per heavy atom. The van der Waals surface area contributed by atoms with Crippen LogP contribution < -0.4 is 4.74 Å². The molecule has 5 nitrogen and oxygen atoms in total. The number of carbonyl (C=O) groups excluding carboxylic acids is 1. The molecule has 2 heterocycles. The monoisotopic (exact) mass is 406 g/mol. The summed E-state index contributed by atoms with van der Waals surface area (Å²) in [5.74, 6) is 0.772. The molecule has 2 aliphatic rings. The van der Waals surface area contributed by atoms with Crippen molar-refractivity contribution in [1.82, 2.24) is 9.80 Å². The first-order valence-electron chi connectivity index (χ1n) is 10.8. The molecule has 1 spiro atoms. The van der Waals surface area contributed by atoms with E-state index in [2.05, 4.69) is 30.2 Å². The molecule has 158 valence electrons. The van der Waals surface area contributed by atoms with Gasteiger partial charge in [0.25, 0.3) is 5.91 Å². The first-order valence-corrected chi connectivity index (χ1v) is 10.8. The van der Waals surface area contributed by atoms with Gasteiger partial charge in [0.1, 0.15) is 18.1 Å². The number of likely N-dealkylation sites (tertiary alicyclic amines) is 1. The quantitative estimate of drug-likeness (QED) is 0.786. The van der Waals surface area contributed by atoms with Gasteiger partial charge in [-0.1, -0.05) is 30.3 Å². The number of benzene rings is 2. The fourth-order valence-electron chi connectivity index (χ4n) is 4.40. The summed E-state index contributed by atoms with van der Waals surface area (Å²) in [5, 5.41) is 9.39. The van der Waals surface area contributed by atoms with E-state index in [-0.39, 0.29) is 18.2 Å². The lowest BCUT2D eigenvalue weighted by Gasteiger charge is -2.36. The zero-order chi connectivity index (χ0) is 21.1. The predicted octanol–water partition coefficient (Wildman–Crippen LogP) is 3.78. The van der Waals surface area contributed by atoms with Gasteiger partial charge in [-0.15, -0.1) is 0 Å². The molecule has 1 amide bonds. The Bertz CT molecular complexity index is 934. The first kappa shape index (κ1) is 20.6. The van der Waals surface area contributed by atoms with Crippen molar-refractivity contribution in [2.75, 3.05) is 33.4 Å². The van der Waals surface area contributed by atoms with Crippen LogP contribution in [0, 0.1) is 0 Å². The lowest BCUT2D eigenvalue weighted by Crippen LogP contribution is -2.37. The SMILES string of the molecule is CCN(CO)C(=O)c1ccc(C2=CC3(CCCN(C)CC3)Oc3ccccc32)cc1. The van der Waals surface area contributed by atoms with E-state index in [0.29, 0.717) is 12.1 Å². The highest BCUT2D eigenvalue weighted by Crippen LogP contribution is 2.43. The topological polar surface area (TPSA) is 53.0 Å². The second-order valence-corrected chi connectivity index (χ2v) is 8.26. The van der Waals surface area contributed by atoms with Crippen molar-refractivity contribution >= 4 is 11.5 Å². The Balaban J connectivity index is 1.71. The van der Waals surface area contributed by atoms with Crippen LogP contribution in [0.15, 0.2) is 54.6 Å². The fourth-order valence-corrected chi connectivity index (χ4v) is 4.40. The van der Waals surface area contributed by atoms with Crippen LogP contribution in [0.4, 0.5) is 0 Å². The van der Waals surface area contributed by atoms with Crippen LogP contribution in [0.5, 0.6) is 5.75 Å². The number of aliphatic hydroxyl groups excluding tert-OH is 1. The number of rotatable bonds is 4. The Kier molecular flexibility index (Phi) is 5.93. The van der Waals surface area contributed by atoms with Crippen molar-refractivity contribution in [2.45, 2.75) is 31.8 Å². The molecule has 1 atom stereocenters. The molecule has 0 bridgehead atoms. The molecule has 1 fully saturated rings. The number of para-hydroxylation sites is 1. The second kappa shape index (κ2) is 8.62. The highest BCUT2D eigenvalue weighted by atomic mass is 16.5. The number of carbonyl (C=O) groups is 1. The molecule has 1 N–H and O–H groups in total. The number of hydrogen-bond acceptors (Lipinski definition) is 4. The molecule has 0 radical (unpaired) electrons. The molecule has 1 saturated heterocycles. The van der Waals surface area contributed by atoms with Crippen molar-refractivity contribution in [3.8, 4) is 5.75 Å². The van der Waals surface area contributed by atoms with Crippen LogP contribution in [-0.4, -0.2) is 59.8 Å². The number of fused-ring (bicyclic) bond motifs is 1. The first-order chi connectivity index (χ1) is 14.5. The summed E-state index contributed by atoms with van der Waals surface area (Å²) in [6.45, 7) is 4.16. The van der Waals surface area contributed by atoms with Gasteiger partial charge in [-0.25, -0.2) is 0 Å². The molecule has 2 aromatic rings. The summed E-state index contributed by atoms with van der Waals surface area (Å²) < 4.78 is 6.57. The van der Waals surface area contributed by atoms with Gasteiger partial charge in [-0.3, -0.25) is 4.79 Å². The van der Waals surface area contributed by atoms with Crippen molar-refractivity contribution in [2.24, 2.45) is 0 Å². The Hall–Kier alpha value is -2.63. The predicted molar refractivity (Wildman–Crippen MR) is 118 cm³/mol. The third kappa shape index (κ3) is 4.00. The van der Waals surface area contributed by atoms with Gasteiger partial charge in [-0.2, -0.15) is 0 Å². The van der Waals surface area contributed by atoms with E-state index < -0.39 is 0 Å². The van der Waals surface area contributed by atoms with Crippen LogP contribution in [0.25, 0.3) is 5.57 Å². The van der Waals surface area contributed by atoms with Gasteiger partial charge in [0.15, 0.2) is 0 Å². The van der Waals surface area contributed by atoms with Crippen LogP contribution in [0.1, 0.15) is 47.7 Å². The summed E-state index contributed by atoms with van der Waals surface area (Å²) >= 11 is 0. The normalized spacial score (nSPS) is 21.4. The van der Waals surface area contributed by atoms with Crippen molar-refractivity contribution in [1.29, 1.82) is 0 Å². The molecule has 5 heteroatoms. The van der Waals surface area contributed by atoms with Crippen LogP contribution in [-0.2, 0) is 0 Å². The standard InChI is InChI=1S/C25H30N2O3/c1-3-27(18-28)24(29)20-11-9-19(10-12-20)22-17-25(13-6-15-26(2)16-14-25)30-23-8-5-4-7-21(22)23/h4-5,7-12,17,28H,3,6,13-16,18H2,1-2H3. The molecule has 2 aromatic carbocycles. The maximum Gasteiger partial charge on any atom is 0.255 e. The van der Waals surface area contributed by atoms with E-state index in [9.17, 15) is 9.90 Å². The number of nitrogens with zero attached hydrogens (tertiary/aromatic N) is 2. The van der Waals surface area contributed by atoms with Gasteiger partial charge in [0, 0.05) is 30.6 Å². The average molecular weight is 407 g/mol. The van der Waals surface area contributed by atoms with E-state index in [4.69, 9.17) is 4.74 Å². The Morgan fingerprint density at radius 3 is 2.63 bits per heavy atom. The number of hydrogen-bond donors (Lipinski definition) is 1. The van der Waals surface area contributed by atoms with Crippen LogP contribution in [0.2, 0.25) is 0 Å². The zero-order valence-corrected chi connectivity index (χ0v) is 17.8. The van der Waals surface area contributed by atoms with Crippen molar-refractivity contribution in [3.63, 3.8) is 0 Å². The third-order valence-electron chi connectivity index (χ3n) is 6.24. The third-order valence-corrected chi connectivity index (χ3v) is 6.24. The molecule has 2 aliphatic heterocycles. The summed E-state index contributed by atoms with van der Waals surface area (Å²) in [6, 6.07) is 15.9. The van der Waals surface area contributed by atoms with E-state index >= 15 is 0 Å². The fraction of sp³-hybridized carbons (Fsp3) is 0.400. The minimum atomic E-state index is -0.293. The van der Waals surface area contributed by atoms with Gasteiger partial charge >= 0.3 is 0 Å². The molecule has 0 aliphatic carbocycles. The summed E-state index contributed by atoms with van der Waals surface area (Å²) in [6.07, 6.45) is 5.36. The summed E-state index contributed by atoms with van der Waals surface area (Å²) in [4.78, 5) is 16.3. The summed E-state index contributed by atoms with van der Waals surface area (Å²) in [5.41, 5.74) is 3.62. The van der Waals surface area contributed by atoms with Gasteiger partial charge < -0.3 is 19.6 Å². The summed E-state index contributed by atoms with van der Waals surface area (Å²) in [7, 11) is 2.17. The molecule has 0 aromatic heterocycles. The average Bonchev–Trinajstić information content (AvgIpc) is 2.95. The smallest absolute Gasteiger partial charge is 0.255 e. The van der Waals surface area contributed by atoms with Crippen molar-refractivity contribution in [3.05, 3.63) is 71.3 Å². The maximum atomic E-state index is 12.5. The highest BCUT2D eigenvalue weighted by Gasteiger charge is 2.37. The van der Waals surface area contributed by atoms with Crippen molar-refractivity contribution < 1.29 is 14.6 Å². The molecule has 0 saturated carbocycles. The highest BCUT2D eigenvalue weighted by molar-refractivity contribution is 5.95. The molecule has 4 rings (SSSR count). The van der Waals surface area contributed by atoms with Gasteiger partial charge in [-0.05, 0) is 68.8 Å². The minimum absolute atomic E-state index is 0.156. The molecule has 30 heavy (non-hydrogen) atoms. The lowest BCUT2D eigenvalue weighted by molar-refractivity contribution is 0.0571. The van der Waals surface area contributed by atoms with Crippen LogP contribution in [0.3, 0.4) is 0 Å². The molecule has 1 unspecified atom stereocenters. The Morgan fingerprint density at radius 2 is 1.90 bits per heavy atom. The van der Waals surface area contributed by atoms with E-state index in [1.54, 1.807) is 0 Å². The maximum absolute atomic E-state index is 12.5. The minimum Gasteiger partial charge on any atom is -0.482 e. The van der Waals surface area contributed by atoms with E-state index in [0.717, 1.165) is 54.8 Å². The molecular formula is C25H30N2O3. The zero-order valence-electron chi connectivity index (χ0n) is 17.8.